The van der Waals surface area contributed by atoms with Gasteiger partial charge in [0.05, 0.1) is 4.90 Å². The number of hydrogen-bond acceptors (Lipinski definition) is 5. The number of nitrogens with zero attached hydrogens (tertiary/aromatic N) is 2. The van der Waals surface area contributed by atoms with Gasteiger partial charge in [0.15, 0.2) is 0 Å². The first-order valence-electron chi connectivity index (χ1n) is 8.73. The Hall–Kier alpha value is -1.84. The fourth-order valence-corrected chi connectivity index (χ4v) is 4.46. The monoisotopic (exact) mass is 460 g/mol. The summed E-state index contributed by atoms with van der Waals surface area (Å²) in [7, 11) is -1.62. The highest BCUT2D eigenvalue weighted by molar-refractivity contribution is 7.89. The third-order valence-corrected chi connectivity index (χ3v) is 6.59. The second-order valence-corrected chi connectivity index (χ2v) is 8.70. The molecule has 1 fully saturated rings. The minimum absolute atomic E-state index is 0. The summed E-state index contributed by atoms with van der Waals surface area (Å²) in [6.07, 6.45) is 0. The lowest BCUT2D eigenvalue weighted by molar-refractivity contribution is 0.102. The molecule has 0 aliphatic carbocycles. The summed E-state index contributed by atoms with van der Waals surface area (Å²) >= 11 is 0. The van der Waals surface area contributed by atoms with Gasteiger partial charge in [0.2, 0.25) is 10.0 Å². The topological polar surface area (TPSA) is 95.7 Å². The normalized spacial score (nSPS) is 15.1. The van der Waals surface area contributed by atoms with Crippen molar-refractivity contribution < 1.29 is 13.2 Å². The first kappa shape index (κ1) is 25.2. The smallest absolute Gasteiger partial charge is 0.256 e. The zero-order chi connectivity index (χ0) is 19.6. The van der Waals surface area contributed by atoms with Crippen LogP contribution >= 0.6 is 24.8 Å². The van der Waals surface area contributed by atoms with Gasteiger partial charge >= 0.3 is 0 Å². The van der Waals surface area contributed by atoms with Crippen molar-refractivity contribution in [2.45, 2.75) is 11.8 Å². The number of rotatable bonds is 4. The molecule has 0 unspecified atom stereocenters. The molecule has 0 saturated carbocycles. The summed E-state index contributed by atoms with van der Waals surface area (Å²) in [6.45, 7) is 4.13. The van der Waals surface area contributed by atoms with Gasteiger partial charge in [-0.15, -0.1) is 24.8 Å². The molecule has 29 heavy (non-hydrogen) atoms. The molecule has 7 nitrogen and oxygen atoms in total. The predicted octanol–water partition coefficient (Wildman–Crippen LogP) is 2.61. The minimum Gasteiger partial charge on any atom is -0.399 e. The highest BCUT2D eigenvalue weighted by Gasteiger charge is 2.27. The number of nitrogen functional groups attached to an aromatic ring is 1. The van der Waals surface area contributed by atoms with Crippen molar-refractivity contribution in [2.24, 2.45) is 0 Å². The molecule has 1 aliphatic rings. The van der Waals surface area contributed by atoms with Crippen LogP contribution in [0.2, 0.25) is 0 Å². The van der Waals surface area contributed by atoms with E-state index in [1.54, 1.807) is 36.4 Å². The van der Waals surface area contributed by atoms with Gasteiger partial charge in [-0.25, -0.2) is 8.42 Å². The zero-order valence-corrected chi connectivity index (χ0v) is 18.7. The second-order valence-electron chi connectivity index (χ2n) is 6.76. The number of amides is 1. The zero-order valence-electron chi connectivity index (χ0n) is 16.3. The number of nitrogens with two attached hydrogens (primary N) is 1. The van der Waals surface area contributed by atoms with E-state index in [4.69, 9.17) is 5.73 Å². The molecule has 1 saturated heterocycles. The fourth-order valence-electron chi connectivity index (χ4n) is 2.99. The Morgan fingerprint density at radius 3 is 2.34 bits per heavy atom. The van der Waals surface area contributed by atoms with E-state index in [2.05, 4.69) is 10.2 Å². The van der Waals surface area contributed by atoms with Gasteiger partial charge in [-0.2, -0.15) is 4.31 Å². The highest BCUT2D eigenvalue weighted by Crippen LogP contribution is 2.22. The number of aryl methyl sites for hydroxylation is 1. The van der Waals surface area contributed by atoms with Gasteiger partial charge in [-0.1, -0.05) is 12.1 Å². The molecule has 0 aromatic heterocycles. The van der Waals surface area contributed by atoms with Gasteiger partial charge < -0.3 is 16.0 Å². The third kappa shape index (κ3) is 5.83. The molecule has 3 N–H and O–H groups in total. The Morgan fingerprint density at radius 2 is 1.69 bits per heavy atom. The maximum atomic E-state index is 12.9. The van der Waals surface area contributed by atoms with Crippen LogP contribution in [0.15, 0.2) is 47.4 Å². The number of halogens is 2. The Balaban J connectivity index is 0.00000210. The summed E-state index contributed by atoms with van der Waals surface area (Å²) in [5.74, 6) is -0.325. The van der Waals surface area contributed by atoms with Crippen LogP contribution in [0.1, 0.15) is 15.9 Å². The standard InChI is InChI=1S/C19H24N4O3S.2ClH/c1-14-6-7-15(20)12-18(14)19(24)21-16-4-3-5-17(13-16)27(25,26)23-10-8-22(2)9-11-23;;/h3-7,12-13H,8-11,20H2,1-2H3,(H,21,24);2*1H. The van der Waals surface area contributed by atoms with Crippen LogP contribution in [0, 0.1) is 6.92 Å². The molecule has 0 atom stereocenters. The number of likely N-dealkylation sites (N-methyl/N-ethyl adjacent to an activating group) is 1. The number of hydrogen-bond donors (Lipinski definition) is 2. The van der Waals surface area contributed by atoms with Gasteiger partial charge in [-0.3, -0.25) is 4.79 Å². The maximum Gasteiger partial charge on any atom is 0.256 e. The molecule has 1 aliphatic heterocycles. The van der Waals surface area contributed by atoms with E-state index in [0.29, 0.717) is 43.1 Å². The third-order valence-electron chi connectivity index (χ3n) is 4.70. The molecule has 2 aromatic rings. The molecule has 0 spiro atoms. The minimum atomic E-state index is -3.59. The van der Waals surface area contributed by atoms with Crippen molar-refractivity contribution in [1.29, 1.82) is 0 Å². The maximum absolute atomic E-state index is 12.9. The first-order valence-corrected chi connectivity index (χ1v) is 10.2. The van der Waals surface area contributed by atoms with Crippen LogP contribution in [-0.2, 0) is 10.0 Å². The van der Waals surface area contributed by atoms with Crippen LogP contribution in [0.5, 0.6) is 0 Å². The Bertz CT molecular complexity index is 962. The molecular formula is C19H26Cl2N4O3S. The van der Waals surface area contributed by atoms with Crippen LogP contribution in [-0.4, -0.2) is 56.8 Å². The molecule has 0 radical (unpaired) electrons. The van der Waals surface area contributed by atoms with E-state index in [-0.39, 0.29) is 35.6 Å². The van der Waals surface area contributed by atoms with Gasteiger partial charge in [-0.05, 0) is 49.9 Å². The van der Waals surface area contributed by atoms with Gasteiger partial charge in [0.1, 0.15) is 0 Å². The predicted molar refractivity (Wildman–Crippen MR) is 121 cm³/mol. The molecule has 0 bridgehead atoms. The summed E-state index contributed by atoms with van der Waals surface area (Å²) in [6, 6.07) is 11.5. The average molecular weight is 461 g/mol. The van der Waals surface area contributed by atoms with Gasteiger partial charge in [0.25, 0.3) is 5.91 Å². The fraction of sp³-hybridized carbons (Fsp3) is 0.316. The lowest BCUT2D eigenvalue weighted by atomic mass is 10.1. The van der Waals surface area contributed by atoms with Crippen molar-refractivity contribution in [3.05, 3.63) is 53.6 Å². The summed E-state index contributed by atoms with van der Waals surface area (Å²) in [5, 5.41) is 2.76. The van der Waals surface area contributed by atoms with Crippen molar-refractivity contribution in [3.8, 4) is 0 Å². The number of carbonyl (C=O) groups excluding carboxylic acids is 1. The number of benzene rings is 2. The lowest BCUT2D eigenvalue weighted by Gasteiger charge is -2.31. The Morgan fingerprint density at radius 1 is 1.03 bits per heavy atom. The molecule has 10 heteroatoms. The highest BCUT2D eigenvalue weighted by atomic mass is 35.5. The van der Waals surface area contributed by atoms with Crippen molar-refractivity contribution in [3.63, 3.8) is 0 Å². The van der Waals surface area contributed by atoms with E-state index in [1.807, 2.05) is 14.0 Å². The van der Waals surface area contributed by atoms with Crippen LogP contribution in [0.25, 0.3) is 0 Å². The average Bonchev–Trinajstić information content (AvgIpc) is 2.64. The van der Waals surface area contributed by atoms with E-state index in [9.17, 15) is 13.2 Å². The van der Waals surface area contributed by atoms with Crippen molar-refractivity contribution >= 4 is 52.1 Å². The lowest BCUT2D eigenvalue weighted by Crippen LogP contribution is -2.47. The largest absolute Gasteiger partial charge is 0.399 e. The van der Waals surface area contributed by atoms with E-state index in [1.165, 1.54) is 10.4 Å². The Kier molecular flexibility index (Phi) is 8.92. The van der Waals surface area contributed by atoms with Gasteiger partial charge in [0, 0.05) is 43.1 Å². The Labute approximate surface area is 184 Å². The van der Waals surface area contributed by atoms with E-state index in [0.717, 1.165) is 5.56 Å². The molecular weight excluding hydrogens is 435 g/mol. The molecule has 1 amide bonds. The molecule has 160 valence electrons. The van der Waals surface area contributed by atoms with E-state index >= 15 is 0 Å². The summed E-state index contributed by atoms with van der Waals surface area (Å²) < 4.78 is 27.2. The number of piperazine rings is 1. The summed E-state index contributed by atoms with van der Waals surface area (Å²) in [4.78, 5) is 14.8. The second kappa shape index (κ2) is 10.3. The summed E-state index contributed by atoms with van der Waals surface area (Å²) in [5.41, 5.74) is 7.94. The first-order chi connectivity index (χ1) is 12.8. The van der Waals surface area contributed by atoms with Crippen LogP contribution < -0.4 is 11.1 Å². The number of anilines is 2. The number of sulfonamides is 1. The molecule has 2 aromatic carbocycles. The van der Waals surface area contributed by atoms with E-state index < -0.39 is 10.0 Å². The SMILES string of the molecule is Cc1ccc(N)cc1C(=O)Nc1cccc(S(=O)(=O)N2CCN(C)CC2)c1.Cl.Cl. The van der Waals surface area contributed by atoms with Crippen LogP contribution in [0.3, 0.4) is 0 Å². The quantitative estimate of drug-likeness (QED) is 0.683. The number of nitrogens with one attached hydrogen (secondary N) is 1. The molecule has 3 rings (SSSR count). The van der Waals surface area contributed by atoms with Crippen molar-refractivity contribution in [2.75, 3.05) is 44.3 Å². The molecule has 1 heterocycles. The van der Waals surface area contributed by atoms with Crippen LogP contribution in [0.4, 0.5) is 11.4 Å². The number of carbonyl (C=O) groups is 1. The van der Waals surface area contributed by atoms with Crippen molar-refractivity contribution in [1.82, 2.24) is 9.21 Å².